The van der Waals surface area contributed by atoms with Crippen LogP contribution < -0.4 is 15.8 Å². The van der Waals surface area contributed by atoms with E-state index in [0.717, 1.165) is 23.7 Å². The number of anilines is 1. The zero-order chi connectivity index (χ0) is 14.2. The second kappa shape index (κ2) is 11.1. The average molecular weight is 363 g/mol. The zero-order valence-corrected chi connectivity index (χ0v) is 14.6. The van der Waals surface area contributed by atoms with E-state index in [1.54, 1.807) is 13.3 Å². The number of halogens is 2. The Bertz CT molecular complexity index is 564. The molecule has 3 N–H and O–H groups in total. The molecule has 0 unspecified atom stereocenters. The number of rotatable bonds is 6. The molecule has 0 saturated carbocycles. The molecule has 22 heavy (non-hydrogen) atoms. The van der Waals surface area contributed by atoms with E-state index in [2.05, 4.69) is 21.4 Å². The van der Waals surface area contributed by atoms with Gasteiger partial charge in [0, 0.05) is 18.1 Å². The Morgan fingerprint density at radius 3 is 2.82 bits per heavy atom. The van der Waals surface area contributed by atoms with Gasteiger partial charge in [-0.15, -0.1) is 36.2 Å². The van der Waals surface area contributed by atoms with Crippen molar-refractivity contribution in [3.05, 3.63) is 41.4 Å². The lowest BCUT2D eigenvalue weighted by atomic mass is 10.1. The molecule has 1 aromatic carbocycles. The average Bonchev–Trinajstić information content (AvgIpc) is 2.97. The maximum Gasteiger partial charge on any atom is 0.194 e. The molecule has 0 spiro atoms. The van der Waals surface area contributed by atoms with Gasteiger partial charge in [0.05, 0.1) is 7.11 Å². The van der Waals surface area contributed by atoms with Crippen molar-refractivity contribution in [3.63, 3.8) is 0 Å². The van der Waals surface area contributed by atoms with Crippen LogP contribution in [0.5, 0.6) is 5.75 Å². The first-order valence-electron chi connectivity index (χ1n) is 6.38. The van der Waals surface area contributed by atoms with Crippen molar-refractivity contribution in [3.8, 4) is 5.75 Å². The molecule has 1 heterocycles. The van der Waals surface area contributed by atoms with E-state index < -0.39 is 0 Å². The summed E-state index contributed by atoms with van der Waals surface area (Å²) in [7, 11) is 1.69. The van der Waals surface area contributed by atoms with Crippen LogP contribution in [-0.4, -0.2) is 24.6 Å². The largest absolute Gasteiger partial charge is 0.496 e. The molecule has 2 rings (SSSR count). The third kappa shape index (κ3) is 6.51. The molecular formula is C14H20Cl2N4OS. The highest BCUT2D eigenvalue weighted by Crippen LogP contribution is 2.18. The van der Waals surface area contributed by atoms with Crippen molar-refractivity contribution >= 4 is 47.2 Å². The number of guanidine groups is 1. The van der Waals surface area contributed by atoms with Crippen LogP contribution in [0.3, 0.4) is 0 Å². The topological polar surface area (TPSA) is 72.5 Å². The summed E-state index contributed by atoms with van der Waals surface area (Å²) in [5.41, 5.74) is 6.97. The number of aryl methyl sites for hydroxylation is 1. The lowest BCUT2D eigenvalue weighted by molar-refractivity contribution is 0.409. The van der Waals surface area contributed by atoms with Gasteiger partial charge in [0.2, 0.25) is 0 Å². The second-order valence-corrected chi connectivity index (χ2v) is 5.04. The van der Waals surface area contributed by atoms with Crippen LogP contribution in [0.25, 0.3) is 0 Å². The quantitative estimate of drug-likeness (QED) is 0.469. The van der Waals surface area contributed by atoms with Crippen LogP contribution in [0.4, 0.5) is 5.13 Å². The Morgan fingerprint density at radius 1 is 1.36 bits per heavy atom. The van der Waals surface area contributed by atoms with Gasteiger partial charge in [0.1, 0.15) is 5.75 Å². The highest BCUT2D eigenvalue weighted by molar-refractivity contribution is 7.13. The summed E-state index contributed by atoms with van der Waals surface area (Å²) in [5.74, 6) is 1.32. The third-order valence-electron chi connectivity index (χ3n) is 2.75. The molecule has 0 bridgehead atoms. The van der Waals surface area contributed by atoms with E-state index in [0.29, 0.717) is 12.5 Å². The summed E-state index contributed by atoms with van der Waals surface area (Å²) in [5, 5.41) is 5.60. The fourth-order valence-corrected chi connectivity index (χ4v) is 2.35. The molecule has 0 aliphatic carbocycles. The summed E-state index contributed by atoms with van der Waals surface area (Å²) in [6, 6.07) is 8.02. The zero-order valence-electron chi connectivity index (χ0n) is 12.2. The Labute approximate surface area is 146 Å². The molecule has 2 aromatic rings. The molecule has 0 amide bonds. The maximum absolute atomic E-state index is 5.78. The molecule has 122 valence electrons. The smallest absolute Gasteiger partial charge is 0.194 e. The van der Waals surface area contributed by atoms with Gasteiger partial charge in [-0.2, -0.15) is 0 Å². The predicted octanol–water partition coefficient (Wildman–Crippen LogP) is 3.35. The van der Waals surface area contributed by atoms with Crippen molar-refractivity contribution in [2.75, 3.05) is 19.0 Å². The number of aromatic nitrogens is 1. The molecule has 0 saturated heterocycles. The SMILES string of the molecule is COc1ccccc1CCCN=C(N)Nc1nccs1.Cl.Cl. The number of nitrogens with one attached hydrogen (secondary N) is 1. The van der Waals surface area contributed by atoms with E-state index in [1.165, 1.54) is 16.9 Å². The van der Waals surface area contributed by atoms with Crippen molar-refractivity contribution < 1.29 is 4.74 Å². The minimum Gasteiger partial charge on any atom is -0.496 e. The summed E-state index contributed by atoms with van der Waals surface area (Å²) in [4.78, 5) is 8.36. The van der Waals surface area contributed by atoms with Crippen molar-refractivity contribution in [2.24, 2.45) is 10.7 Å². The molecule has 1 aromatic heterocycles. The number of nitrogens with two attached hydrogens (primary N) is 1. The van der Waals surface area contributed by atoms with Crippen LogP contribution in [0.2, 0.25) is 0 Å². The standard InChI is InChI=1S/C14H18N4OS.2ClH/c1-19-12-7-3-2-5-11(12)6-4-8-16-13(15)18-14-17-9-10-20-14;;/h2-3,5,7,9-10H,4,6,8H2,1H3,(H3,15,16,17,18);2*1H. The Morgan fingerprint density at radius 2 is 2.14 bits per heavy atom. The number of hydrogen-bond donors (Lipinski definition) is 2. The molecule has 0 atom stereocenters. The molecule has 0 aliphatic heterocycles. The predicted molar refractivity (Wildman–Crippen MR) is 98.0 cm³/mol. The molecule has 5 nitrogen and oxygen atoms in total. The summed E-state index contributed by atoms with van der Waals surface area (Å²) in [6.07, 6.45) is 3.56. The monoisotopic (exact) mass is 362 g/mol. The summed E-state index contributed by atoms with van der Waals surface area (Å²) < 4.78 is 5.31. The van der Waals surface area contributed by atoms with Crippen LogP contribution in [0.15, 0.2) is 40.8 Å². The fraction of sp³-hybridized carbons (Fsp3) is 0.286. The van der Waals surface area contributed by atoms with E-state index in [4.69, 9.17) is 10.5 Å². The van der Waals surface area contributed by atoms with E-state index >= 15 is 0 Å². The lowest BCUT2D eigenvalue weighted by Crippen LogP contribution is -2.22. The summed E-state index contributed by atoms with van der Waals surface area (Å²) >= 11 is 1.49. The third-order valence-corrected chi connectivity index (χ3v) is 3.43. The van der Waals surface area contributed by atoms with Crippen molar-refractivity contribution in [1.82, 2.24) is 4.98 Å². The Hall–Kier alpha value is -1.50. The van der Waals surface area contributed by atoms with Crippen molar-refractivity contribution in [2.45, 2.75) is 12.8 Å². The van der Waals surface area contributed by atoms with Crippen LogP contribution >= 0.6 is 36.2 Å². The highest BCUT2D eigenvalue weighted by Gasteiger charge is 2.01. The van der Waals surface area contributed by atoms with Gasteiger partial charge in [-0.1, -0.05) is 18.2 Å². The van der Waals surface area contributed by atoms with Gasteiger partial charge in [0.25, 0.3) is 0 Å². The number of hydrogen-bond acceptors (Lipinski definition) is 4. The van der Waals surface area contributed by atoms with Gasteiger partial charge in [-0.25, -0.2) is 4.98 Å². The number of nitrogens with zero attached hydrogens (tertiary/aromatic N) is 2. The molecular weight excluding hydrogens is 343 g/mol. The lowest BCUT2D eigenvalue weighted by Gasteiger charge is -2.07. The molecule has 0 aliphatic rings. The number of aliphatic imine (C=N–C) groups is 1. The first kappa shape index (κ1) is 20.5. The molecule has 0 fully saturated rings. The number of ether oxygens (including phenoxy) is 1. The Balaban J connectivity index is 0.00000220. The minimum atomic E-state index is 0. The number of methoxy groups -OCH3 is 1. The highest BCUT2D eigenvalue weighted by atomic mass is 35.5. The van der Waals surface area contributed by atoms with E-state index in [9.17, 15) is 0 Å². The molecule has 0 radical (unpaired) electrons. The van der Waals surface area contributed by atoms with Crippen LogP contribution in [0, 0.1) is 0 Å². The number of para-hydroxylation sites is 1. The first-order chi connectivity index (χ1) is 9.79. The van der Waals surface area contributed by atoms with Crippen molar-refractivity contribution in [1.29, 1.82) is 0 Å². The summed E-state index contributed by atoms with van der Waals surface area (Å²) in [6.45, 7) is 0.669. The number of benzene rings is 1. The number of thiazole rings is 1. The van der Waals surface area contributed by atoms with E-state index in [-0.39, 0.29) is 24.8 Å². The normalized spacial score (nSPS) is 10.3. The first-order valence-corrected chi connectivity index (χ1v) is 7.26. The maximum atomic E-state index is 5.78. The minimum absolute atomic E-state index is 0. The van der Waals surface area contributed by atoms with Gasteiger partial charge in [0.15, 0.2) is 11.1 Å². The second-order valence-electron chi connectivity index (χ2n) is 4.14. The van der Waals surface area contributed by atoms with Gasteiger partial charge < -0.3 is 15.8 Å². The fourth-order valence-electron chi connectivity index (χ4n) is 1.81. The van der Waals surface area contributed by atoms with Crippen LogP contribution in [-0.2, 0) is 6.42 Å². The molecule has 8 heteroatoms. The van der Waals surface area contributed by atoms with E-state index in [1.807, 2.05) is 23.6 Å². The van der Waals surface area contributed by atoms with Gasteiger partial charge >= 0.3 is 0 Å². The van der Waals surface area contributed by atoms with Crippen LogP contribution in [0.1, 0.15) is 12.0 Å². The van der Waals surface area contributed by atoms with Gasteiger partial charge in [-0.05, 0) is 24.5 Å². The Kier molecular flexibility index (Phi) is 10.4. The van der Waals surface area contributed by atoms with Gasteiger partial charge in [-0.3, -0.25) is 4.99 Å².